The summed E-state index contributed by atoms with van der Waals surface area (Å²) in [5, 5.41) is 0. The summed E-state index contributed by atoms with van der Waals surface area (Å²) in [4.78, 5) is 8.04. The summed E-state index contributed by atoms with van der Waals surface area (Å²) in [7, 11) is -3.55. The molecular formula is C14H17N5O2S. The minimum atomic E-state index is -3.55. The molecule has 0 unspecified atom stereocenters. The Morgan fingerprint density at radius 2 is 1.73 bits per heavy atom. The molecule has 1 aliphatic heterocycles. The summed E-state index contributed by atoms with van der Waals surface area (Å²) in [6.07, 6.45) is 3.22. The maximum Gasteiger partial charge on any atom is 0.243 e. The van der Waals surface area contributed by atoms with Crippen molar-refractivity contribution in [1.29, 1.82) is 0 Å². The van der Waals surface area contributed by atoms with E-state index >= 15 is 0 Å². The van der Waals surface area contributed by atoms with Gasteiger partial charge in [-0.25, -0.2) is 13.4 Å². The van der Waals surface area contributed by atoms with Gasteiger partial charge in [0.25, 0.3) is 0 Å². The van der Waals surface area contributed by atoms with Crippen LogP contribution in [0.15, 0.2) is 35.4 Å². The molecule has 1 aromatic carbocycles. The van der Waals surface area contributed by atoms with Crippen LogP contribution in [0.2, 0.25) is 0 Å². The fraction of sp³-hybridized carbons (Fsp3) is 0.286. The average Bonchev–Trinajstić information content (AvgIpc) is 3.02. The van der Waals surface area contributed by atoms with Crippen molar-refractivity contribution in [3.63, 3.8) is 0 Å². The molecule has 0 amide bonds. The lowest BCUT2D eigenvalue weighted by atomic mass is 10.1. The quantitative estimate of drug-likeness (QED) is 0.875. The van der Waals surface area contributed by atoms with Gasteiger partial charge in [0.2, 0.25) is 16.0 Å². The van der Waals surface area contributed by atoms with Crippen molar-refractivity contribution < 1.29 is 8.42 Å². The van der Waals surface area contributed by atoms with Gasteiger partial charge >= 0.3 is 0 Å². The Labute approximate surface area is 129 Å². The van der Waals surface area contributed by atoms with Crippen molar-refractivity contribution in [3.8, 4) is 11.1 Å². The summed E-state index contributed by atoms with van der Waals surface area (Å²) in [6, 6.07) is 6.74. The van der Waals surface area contributed by atoms with E-state index in [1.807, 2.05) is 0 Å². The predicted octanol–water partition coefficient (Wildman–Crippen LogP) is 1.09. The summed E-state index contributed by atoms with van der Waals surface area (Å²) in [6.45, 7) is 1.09. The number of benzene rings is 1. The number of hydrogen-bond donors (Lipinski definition) is 2. The van der Waals surface area contributed by atoms with Crippen LogP contribution in [0.5, 0.6) is 0 Å². The molecule has 4 N–H and O–H groups in total. The van der Waals surface area contributed by atoms with Crippen molar-refractivity contribution in [2.45, 2.75) is 17.7 Å². The van der Waals surface area contributed by atoms with E-state index in [2.05, 4.69) is 9.97 Å². The van der Waals surface area contributed by atoms with Gasteiger partial charge in [0.15, 0.2) is 0 Å². The van der Waals surface area contributed by atoms with Gasteiger partial charge in [0.05, 0.1) is 4.90 Å². The minimum absolute atomic E-state index is 0.0566. The topological polar surface area (TPSA) is 115 Å². The van der Waals surface area contributed by atoms with Crippen LogP contribution in [0.1, 0.15) is 12.8 Å². The molecule has 0 spiro atoms. The molecule has 0 saturated carbocycles. The molecule has 116 valence electrons. The number of rotatable bonds is 3. The maximum atomic E-state index is 12.8. The van der Waals surface area contributed by atoms with E-state index in [4.69, 9.17) is 11.5 Å². The fourth-order valence-electron chi connectivity index (χ4n) is 2.60. The van der Waals surface area contributed by atoms with Crippen molar-refractivity contribution in [3.05, 3.63) is 30.5 Å². The van der Waals surface area contributed by atoms with E-state index in [9.17, 15) is 8.42 Å². The van der Waals surface area contributed by atoms with Gasteiger partial charge in [-0.15, -0.1) is 0 Å². The lowest BCUT2D eigenvalue weighted by molar-refractivity contribution is 0.478. The second-order valence-corrected chi connectivity index (χ2v) is 7.04. The Kier molecular flexibility index (Phi) is 3.71. The number of nitrogens with zero attached hydrogens (tertiary/aromatic N) is 3. The second kappa shape index (κ2) is 5.54. The lowest BCUT2D eigenvalue weighted by Gasteiger charge is -2.18. The molecule has 0 atom stereocenters. The predicted molar refractivity (Wildman–Crippen MR) is 84.3 cm³/mol. The first-order chi connectivity index (χ1) is 10.5. The maximum absolute atomic E-state index is 12.8. The third kappa shape index (κ3) is 2.51. The molecule has 3 rings (SSSR count). The van der Waals surface area contributed by atoms with Crippen molar-refractivity contribution >= 4 is 21.8 Å². The number of aromatic nitrogens is 2. The Morgan fingerprint density at radius 3 is 2.41 bits per heavy atom. The van der Waals surface area contributed by atoms with Crippen LogP contribution < -0.4 is 11.5 Å². The van der Waals surface area contributed by atoms with Gasteiger partial charge in [-0.1, -0.05) is 18.2 Å². The van der Waals surface area contributed by atoms with Crippen LogP contribution in [0, 0.1) is 0 Å². The van der Waals surface area contributed by atoms with E-state index in [-0.39, 0.29) is 16.7 Å². The van der Waals surface area contributed by atoms with Gasteiger partial charge in [0, 0.05) is 30.4 Å². The van der Waals surface area contributed by atoms with Crippen LogP contribution in [-0.2, 0) is 10.0 Å². The molecule has 22 heavy (non-hydrogen) atoms. The van der Waals surface area contributed by atoms with Crippen LogP contribution >= 0.6 is 0 Å². The summed E-state index contributed by atoms with van der Waals surface area (Å²) >= 11 is 0. The molecule has 8 heteroatoms. The standard InChI is InChI=1S/C14H17N5O2S/c15-13-11(9-17-14(16)18-13)10-5-1-2-6-12(10)22(20,21)19-7-3-4-8-19/h1-2,5-6,9H,3-4,7-8H2,(H4,15,16,17,18). The largest absolute Gasteiger partial charge is 0.383 e. The van der Waals surface area contributed by atoms with Gasteiger partial charge in [0.1, 0.15) is 5.82 Å². The fourth-order valence-corrected chi connectivity index (χ4v) is 4.32. The SMILES string of the molecule is Nc1ncc(-c2ccccc2S(=O)(=O)N2CCCC2)c(N)n1. The summed E-state index contributed by atoms with van der Waals surface area (Å²) in [5.41, 5.74) is 12.3. The summed E-state index contributed by atoms with van der Waals surface area (Å²) in [5.74, 6) is 0.220. The number of sulfonamides is 1. The minimum Gasteiger partial charge on any atom is -0.383 e. The van der Waals surface area contributed by atoms with Crippen LogP contribution in [-0.4, -0.2) is 35.8 Å². The normalized spacial score (nSPS) is 16.0. The van der Waals surface area contributed by atoms with Crippen molar-refractivity contribution in [2.75, 3.05) is 24.6 Å². The van der Waals surface area contributed by atoms with Crippen LogP contribution in [0.3, 0.4) is 0 Å². The highest BCUT2D eigenvalue weighted by Gasteiger charge is 2.29. The van der Waals surface area contributed by atoms with E-state index in [1.165, 1.54) is 10.5 Å². The van der Waals surface area contributed by atoms with E-state index < -0.39 is 10.0 Å². The van der Waals surface area contributed by atoms with Crippen molar-refractivity contribution in [2.24, 2.45) is 0 Å². The Morgan fingerprint density at radius 1 is 1.05 bits per heavy atom. The molecule has 1 fully saturated rings. The van der Waals surface area contributed by atoms with E-state index in [0.29, 0.717) is 24.2 Å². The Hall–Kier alpha value is -2.19. The first kappa shape index (κ1) is 14.7. The molecule has 2 aromatic rings. The lowest BCUT2D eigenvalue weighted by Crippen LogP contribution is -2.28. The van der Waals surface area contributed by atoms with Crippen LogP contribution in [0.4, 0.5) is 11.8 Å². The number of hydrogen-bond acceptors (Lipinski definition) is 6. The molecule has 0 aliphatic carbocycles. The Balaban J connectivity index is 2.14. The molecule has 0 radical (unpaired) electrons. The number of nitrogens with two attached hydrogens (primary N) is 2. The highest BCUT2D eigenvalue weighted by Crippen LogP contribution is 2.32. The molecular weight excluding hydrogens is 302 g/mol. The van der Waals surface area contributed by atoms with Gasteiger partial charge in [-0.2, -0.15) is 9.29 Å². The van der Waals surface area contributed by atoms with Gasteiger partial charge < -0.3 is 11.5 Å². The van der Waals surface area contributed by atoms with Crippen molar-refractivity contribution in [1.82, 2.24) is 14.3 Å². The molecule has 7 nitrogen and oxygen atoms in total. The third-order valence-corrected chi connectivity index (χ3v) is 5.65. The zero-order valence-electron chi connectivity index (χ0n) is 11.9. The molecule has 1 aromatic heterocycles. The first-order valence-corrected chi connectivity index (χ1v) is 8.41. The molecule has 1 aliphatic rings. The van der Waals surface area contributed by atoms with Crippen LogP contribution in [0.25, 0.3) is 11.1 Å². The highest BCUT2D eigenvalue weighted by molar-refractivity contribution is 7.89. The highest BCUT2D eigenvalue weighted by atomic mass is 32.2. The third-order valence-electron chi connectivity index (χ3n) is 3.70. The molecule has 2 heterocycles. The molecule has 0 bridgehead atoms. The Bertz CT molecular complexity index is 801. The zero-order chi connectivity index (χ0) is 15.7. The van der Waals surface area contributed by atoms with Gasteiger partial charge in [-0.3, -0.25) is 0 Å². The second-order valence-electron chi connectivity index (χ2n) is 5.13. The van der Waals surface area contributed by atoms with E-state index in [0.717, 1.165) is 12.8 Å². The zero-order valence-corrected chi connectivity index (χ0v) is 12.8. The number of nitrogen functional groups attached to an aromatic ring is 2. The monoisotopic (exact) mass is 319 g/mol. The first-order valence-electron chi connectivity index (χ1n) is 6.97. The molecule has 1 saturated heterocycles. The summed E-state index contributed by atoms with van der Waals surface area (Å²) < 4.78 is 27.2. The number of anilines is 2. The average molecular weight is 319 g/mol. The van der Waals surface area contributed by atoms with E-state index in [1.54, 1.807) is 24.3 Å². The smallest absolute Gasteiger partial charge is 0.243 e. The van der Waals surface area contributed by atoms with Gasteiger partial charge in [-0.05, 0) is 18.9 Å².